The van der Waals surface area contributed by atoms with E-state index in [2.05, 4.69) is 15.5 Å². The van der Waals surface area contributed by atoms with Gasteiger partial charge in [-0.15, -0.1) is 0 Å². The van der Waals surface area contributed by atoms with Gasteiger partial charge in [-0.1, -0.05) is 30.3 Å². The predicted molar refractivity (Wildman–Crippen MR) is 93.8 cm³/mol. The molecule has 124 valence electrons. The maximum atomic E-state index is 12.2. The second-order valence-electron chi connectivity index (χ2n) is 5.58. The zero-order chi connectivity index (χ0) is 17.1. The van der Waals surface area contributed by atoms with Gasteiger partial charge in [0.2, 0.25) is 6.10 Å². The van der Waals surface area contributed by atoms with Gasteiger partial charge in [0.05, 0.1) is 6.21 Å². The molecule has 0 saturated carbocycles. The first-order chi connectivity index (χ1) is 12.3. The van der Waals surface area contributed by atoms with Crippen LogP contribution in [0.1, 0.15) is 5.56 Å². The Labute approximate surface area is 144 Å². The second kappa shape index (κ2) is 6.60. The van der Waals surface area contributed by atoms with Crippen molar-refractivity contribution in [2.45, 2.75) is 6.10 Å². The normalized spacial score (nSPS) is 16.1. The molecule has 1 unspecified atom stereocenters. The Kier molecular flexibility index (Phi) is 4.00. The summed E-state index contributed by atoms with van der Waals surface area (Å²) in [5, 5.41) is 6.01. The molecule has 25 heavy (non-hydrogen) atoms. The third kappa shape index (κ3) is 3.28. The number of fused-ring (bicyclic) bond motifs is 2. The monoisotopic (exact) mass is 333 g/mol. The van der Waals surface area contributed by atoms with Crippen LogP contribution in [0.15, 0.2) is 66.0 Å². The maximum Gasteiger partial charge on any atom is 0.284 e. The van der Waals surface area contributed by atoms with Crippen LogP contribution < -0.4 is 14.9 Å². The van der Waals surface area contributed by atoms with E-state index >= 15 is 0 Å². The van der Waals surface area contributed by atoms with Crippen molar-refractivity contribution in [3.63, 3.8) is 0 Å². The minimum absolute atomic E-state index is 0.138. The molecular weight excluding hydrogens is 318 g/mol. The number of benzene rings is 2. The summed E-state index contributed by atoms with van der Waals surface area (Å²) in [5.74, 6) is 0.835. The summed E-state index contributed by atoms with van der Waals surface area (Å²) in [7, 11) is 0. The highest BCUT2D eigenvalue weighted by Crippen LogP contribution is 2.35. The highest BCUT2D eigenvalue weighted by molar-refractivity contribution is 5.87. The Balaban J connectivity index is 1.45. The molecule has 1 aromatic heterocycles. The van der Waals surface area contributed by atoms with Gasteiger partial charge in [0, 0.05) is 18.0 Å². The number of carbonyl (C=O) groups is 1. The molecule has 2 aromatic carbocycles. The molecule has 0 radical (unpaired) electrons. The van der Waals surface area contributed by atoms with Crippen LogP contribution in [0, 0.1) is 0 Å². The molecule has 0 saturated heterocycles. The highest BCUT2D eigenvalue weighted by Gasteiger charge is 2.27. The summed E-state index contributed by atoms with van der Waals surface area (Å²) in [6.07, 6.45) is 4.09. The molecule has 2 heterocycles. The number of nitrogens with zero attached hydrogens (tertiary/aromatic N) is 2. The standard InChI is InChI=1S/C19H15N3O3/c23-19(22-21-11-13-4-3-7-20-10-13)18-12-24-16-8-14-5-1-2-6-15(14)9-17(16)25-18/h1-11,18H,12H2,(H,22,23)/b21-11-. The number of hydrazone groups is 1. The van der Waals surface area contributed by atoms with Gasteiger partial charge in [0.15, 0.2) is 11.5 Å². The van der Waals surface area contributed by atoms with Gasteiger partial charge < -0.3 is 9.47 Å². The molecule has 0 aliphatic carbocycles. The molecule has 0 bridgehead atoms. The number of hydrogen-bond acceptors (Lipinski definition) is 5. The van der Waals surface area contributed by atoms with Crippen LogP contribution in [0.25, 0.3) is 10.8 Å². The third-order valence-corrected chi connectivity index (χ3v) is 3.84. The zero-order valence-electron chi connectivity index (χ0n) is 13.3. The van der Waals surface area contributed by atoms with Crippen molar-refractivity contribution >= 4 is 22.9 Å². The number of amides is 1. The first-order valence-corrected chi connectivity index (χ1v) is 7.85. The lowest BCUT2D eigenvalue weighted by Gasteiger charge is -2.25. The molecule has 3 aromatic rings. The average molecular weight is 333 g/mol. The van der Waals surface area contributed by atoms with E-state index < -0.39 is 6.10 Å². The Bertz CT molecular complexity index is 941. The second-order valence-corrected chi connectivity index (χ2v) is 5.58. The van der Waals surface area contributed by atoms with Crippen molar-refractivity contribution in [1.82, 2.24) is 10.4 Å². The smallest absolute Gasteiger partial charge is 0.284 e. The highest BCUT2D eigenvalue weighted by atomic mass is 16.6. The van der Waals surface area contributed by atoms with E-state index in [1.54, 1.807) is 18.5 Å². The van der Waals surface area contributed by atoms with E-state index in [1.807, 2.05) is 42.5 Å². The minimum Gasteiger partial charge on any atom is -0.485 e. The van der Waals surface area contributed by atoms with E-state index in [0.717, 1.165) is 16.3 Å². The lowest BCUT2D eigenvalue weighted by molar-refractivity contribution is -0.130. The predicted octanol–water partition coefficient (Wildman–Crippen LogP) is 2.52. The molecule has 6 heteroatoms. The van der Waals surface area contributed by atoms with Crippen molar-refractivity contribution in [3.05, 3.63) is 66.5 Å². The molecule has 4 rings (SSSR count). The van der Waals surface area contributed by atoms with Crippen LogP contribution in [-0.4, -0.2) is 29.8 Å². The van der Waals surface area contributed by atoms with Gasteiger partial charge in [0.25, 0.3) is 5.91 Å². The molecule has 6 nitrogen and oxygen atoms in total. The Hall–Kier alpha value is -3.41. The van der Waals surface area contributed by atoms with E-state index in [9.17, 15) is 4.79 Å². The van der Waals surface area contributed by atoms with Crippen LogP contribution in [-0.2, 0) is 4.79 Å². The quantitative estimate of drug-likeness (QED) is 0.590. The number of nitrogens with one attached hydrogen (secondary N) is 1. The van der Waals surface area contributed by atoms with Gasteiger partial charge in [-0.05, 0) is 29.0 Å². The minimum atomic E-state index is -0.750. The van der Waals surface area contributed by atoms with Gasteiger partial charge in [-0.3, -0.25) is 9.78 Å². The largest absolute Gasteiger partial charge is 0.485 e. The fourth-order valence-electron chi connectivity index (χ4n) is 2.58. The molecule has 0 spiro atoms. The van der Waals surface area contributed by atoms with Crippen LogP contribution in [0.2, 0.25) is 0 Å². The summed E-state index contributed by atoms with van der Waals surface area (Å²) in [5.41, 5.74) is 3.26. The number of ether oxygens (including phenoxy) is 2. The van der Waals surface area contributed by atoms with Crippen molar-refractivity contribution in [2.75, 3.05) is 6.61 Å². The first kappa shape index (κ1) is 15.1. The lowest BCUT2D eigenvalue weighted by atomic mass is 10.1. The number of carbonyl (C=O) groups excluding carboxylic acids is 1. The summed E-state index contributed by atoms with van der Waals surface area (Å²) >= 11 is 0. The first-order valence-electron chi connectivity index (χ1n) is 7.85. The van der Waals surface area contributed by atoms with Crippen LogP contribution in [0.5, 0.6) is 11.5 Å². The van der Waals surface area contributed by atoms with E-state index in [0.29, 0.717) is 11.5 Å². The maximum absolute atomic E-state index is 12.2. The Morgan fingerprint density at radius 1 is 1.16 bits per heavy atom. The summed E-state index contributed by atoms with van der Waals surface area (Å²) in [6, 6.07) is 15.3. The van der Waals surface area contributed by atoms with E-state index in [1.165, 1.54) is 6.21 Å². The van der Waals surface area contributed by atoms with Gasteiger partial charge in [-0.25, -0.2) is 5.43 Å². The van der Waals surface area contributed by atoms with Gasteiger partial charge >= 0.3 is 0 Å². The summed E-state index contributed by atoms with van der Waals surface area (Å²) < 4.78 is 11.5. The van der Waals surface area contributed by atoms with E-state index in [4.69, 9.17) is 9.47 Å². The zero-order valence-corrected chi connectivity index (χ0v) is 13.3. The van der Waals surface area contributed by atoms with Crippen LogP contribution >= 0.6 is 0 Å². The average Bonchev–Trinajstić information content (AvgIpc) is 2.66. The summed E-state index contributed by atoms with van der Waals surface area (Å²) in [6.45, 7) is 0.138. The number of hydrogen-bond donors (Lipinski definition) is 1. The topological polar surface area (TPSA) is 72.8 Å². The van der Waals surface area contributed by atoms with Crippen molar-refractivity contribution in [2.24, 2.45) is 5.10 Å². The van der Waals surface area contributed by atoms with Crippen molar-refractivity contribution < 1.29 is 14.3 Å². The van der Waals surface area contributed by atoms with E-state index in [-0.39, 0.29) is 12.5 Å². The van der Waals surface area contributed by atoms with Gasteiger partial charge in [0.1, 0.15) is 6.61 Å². The fraction of sp³-hybridized carbons (Fsp3) is 0.105. The molecular formula is C19H15N3O3. The molecule has 1 atom stereocenters. The number of rotatable bonds is 3. The molecule has 0 fully saturated rings. The fourth-order valence-corrected chi connectivity index (χ4v) is 2.58. The van der Waals surface area contributed by atoms with Crippen molar-refractivity contribution in [1.29, 1.82) is 0 Å². The third-order valence-electron chi connectivity index (χ3n) is 3.84. The molecule has 1 aliphatic heterocycles. The lowest BCUT2D eigenvalue weighted by Crippen LogP contribution is -2.42. The van der Waals surface area contributed by atoms with Gasteiger partial charge in [-0.2, -0.15) is 5.10 Å². The molecule has 1 N–H and O–H groups in total. The number of pyridine rings is 1. The molecule has 1 amide bonds. The Morgan fingerprint density at radius 3 is 2.72 bits per heavy atom. The molecule has 1 aliphatic rings. The Morgan fingerprint density at radius 2 is 1.96 bits per heavy atom. The van der Waals surface area contributed by atoms with Crippen molar-refractivity contribution in [3.8, 4) is 11.5 Å². The summed E-state index contributed by atoms with van der Waals surface area (Å²) in [4.78, 5) is 16.2. The van der Waals surface area contributed by atoms with Crippen LogP contribution in [0.3, 0.4) is 0 Å². The number of aromatic nitrogens is 1. The van der Waals surface area contributed by atoms with Crippen LogP contribution in [0.4, 0.5) is 0 Å². The SMILES string of the molecule is O=C(N/N=C\c1cccnc1)C1COc2cc3ccccc3cc2O1.